The first-order valence-electron chi connectivity index (χ1n) is 9.10. The zero-order valence-corrected chi connectivity index (χ0v) is 15.1. The van der Waals surface area contributed by atoms with E-state index in [2.05, 4.69) is 43.1 Å². The van der Waals surface area contributed by atoms with Gasteiger partial charge in [0.2, 0.25) is 0 Å². The molecule has 0 saturated carbocycles. The second-order valence-electron chi connectivity index (χ2n) is 6.60. The highest BCUT2D eigenvalue weighted by atomic mass is 16.2. The molecule has 4 nitrogen and oxygen atoms in total. The minimum absolute atomic E-state index is 0.122. The maximum Gasteiger partial charge on any atom is 0.324 e. The Hall–Kier alpha value is -2.49. The highest BCUT2D eigenvalue weighted by Gasteiger charge is 2.31. The number of likely N-dealkylation sites (tertiary alicyclic amines) is 1. The van der Waals surface area contributed by atoms with Crippen LogP contribution in [0.15, 0.2) is 60.7 Å². The molecule has 0 radical (unpaired) electrons. The van der Waals surface area contributed by atoms with Crippen LogP contribution in [0.4, 0.5) is 16.2 Å². The SMILES string of the molecule is CCCN(C(=O)N1CCC(N(C)c2ccccc2)C1)c1ccccc1. The Kier molecular flexibility index (Phi) is 5.59. The van der Waals surface area contributed by atoms with Crippen LogP contribution in [0.25, 0.3) is 0 Å². The molecule has 2 amide bonds. The molecular formula is C21H27N3O. The van der Waals surface area contributed by atoms with Crippen LogP contribution < -0.4 is 9.80 Å². The highest BCUT2D eigenvalue weighted by Crippen LogP contribution is 2.24. The predicted octanol–water partition coefficient (Wildman–Crippen LogP) is 4.23. The van der Waals surface area contributed by atoms with Crippen molar-refractivity contribution in [2.75, 3.05) is 36.5 Å². The lowest BCUT2D eigenvalue weighted by atomic mass is 10.2. The Balaban J connectivity index is 1.69. The third-order valence-corrected chi connectivity index (χ3v) is 4.89. The van der Waals surface area contributed by atoms with Crippen molar-refractivity contribution in [3.8, 4) is 0 Å². The number of urea groups is 1. The van der Waals surface area contributed by atoms with E-state index in [1.165, 1.54) is 5.69 Å². The molecule has 2 aromatic rings. The Morgan fingerprint density at radius 1 is 1.04 bits per heavy atom. The fourth-order valence-electron chi connectivity index (χ4n) is 3.44. The Labute approximate surface area is 150 Å². The number of carbonyl (C=O) groups excluding carboxylic acids is 1. The molecule has 1 fully saturated rings. The largest absolute Gasteiger partial charge is 0.370 e. The van der Waals surface area contributed by atoms with Crippen molar-refractivity contribution in [3.05, 3.63) is 60.7 Å². The van der Waals surface area contributed by atoms with E-state index < -0.39 is 0 Å². The van der Waals surface area contributed by atoms with Crippen LogP contribution in [0.2, 0.25) is 0 Å². The molecule has 1 aliphatic heterocycles. The van der Waals surface area contributed by atoms with Crippen molar-refractivity contribution in [1.82, 2.24) is 4.90 Å². The average molecular weight is 337 g/mol. The molecule has 0 spiro atoms. The molecule has 2 aromatic carbocycles. The molecule has 1 unspecified atom stereocenters. The van der Waals surface area contributed by atoms with E-state index in [0.29, 0.717) is 6.04 Å². The summed E-state index contributed by atoms with van der Waals surface area (Å²) in [6, 6.07) is 20.9. The van der Waals surface area contributed by atoms with Gasteiger partial charge in [0, 0.05) is 44.1 Å². The lowest BCUT2D eigenvalue weighted by Gasteiger charge is -2.30. The second-order valence-corrected chi connectivity index (χ2v) is 6.60. The van der Waals surface area contributed by atoms with E-state index in [-0.39, 0.29) is 6.03 Å². The first kappa shape index (κ1) is 17.3. The van der Waals surface area contributed by atoms with Gasteiger partial charge in [-0.3, -0.25) is 4.90 Å². The molecule has 0 aliphatic carbocycles. The Morgan fingerprint density at radius 3 is 2.24 bits per heavy atom. The zero-order valence-electron chi connectivity index (χ0n) is 15.1. The smallest absolute Gasteiger partial charge is 0.324 e. The molecule has 0 N–H and O–H groups in total. The van der Waals surface area contributed by atoms with Gasteiger partial charge >= 0.3 is 6.03 Å². The lowest BCUT2D eigenvalue weighted by Crippen LogP contribution is -2.44. The van der Waals surface area contributed by atoms with Gasteiger partial charge in [0.1, 0.15) is 0 Å². The summed E-state index contributed by atoms with van der Waals surface area (Å²) in [7, 11) is 2.12. The molecule has 3 rings (SSSR count). The van der Waals surface area contributed by atoms with Gasteiger partial charge < -0.3 is 9.80 Å². The van der Waals surface area contributed by atoms with E-state index in [1.54, 1.807) is 0 Å². The standard InChI is InChI=1S/C21H27N3O/c1-3-15-24(19-12-8-5-9-13-19)21(25)23-16-14-20(17-23)22(2)18-10-6-4-7-11-18/h4-13,20H,3,14-17H2,1-2H3. The van der Waals surface area contributed by atoms with Crippen LogP contribution in [0.5, 0.6) is 0 Å². The topological polar surface area (TPSA) is 26.8 Å². The molecule has 1 atom stereocenters. The first-order chi connectivity index (χ1) is 12.2. The fraction of sp³-hybridized carbons (Fsp3) is 0.381. The number of nitrogens with zero attached hydrogens (tertiary/aromatic N) is 3. The number of anilines is 2. The Morgan fingerprint density at radius 2 is 1.64 bits per heavy atom. The summed E-state index contributed by atoms with van der Waals surface area (Å²) in [4.78, 5) is 19.3. The second kappa shape index (κ2) is 8.06. The minimum atomic E-state index is 0.122. The molecule has 0 aromatic heterocycles. The molecular weight excluding hydrogens is 310 g/mol. The van der Waals surface area contributed by atoms with Gasteiger partial charge in [0.15, 0.2) is 0 Å². The minimum Gasteiger partial charge on any atom is -0.370 e. The number of hydrogen-bond donors (Lipinski definition) is 0. The van der Waals surface area contributed by atoms with Crippen molar-refractivity contribution >= 4 is 17.4 Å². The van der Waals surface area contributed by atoms with E-state index in [4.69, 9.17) is 0 Å². The van der Waals surface area contributed by atoms with E-state index in [0.717, 1.165) is 38.2 Å². The Bertz CT molecular complexity index is 674. The van der Waals surface area contributed by atoms with Crippen LogP contribution >= 0.6 is 0 Å². The maximum absolute atomic E-state index is 13.1. The number of likely N-dealkylation sites (N-methyl/N-ethyl adjacent to an activating group) is 1. The number of benzene rings is 2. The van der Waals surface area contributed by atoms with Gasteiger partial charge in [-0.25, -0.2) is 4.79 Å². The third-order valence-electron chi connectivity index (χ3n) is 4.89. The van der Waals surface area contributed by atoms with Gasteiger partial charge in [0.25, 0.3) is 0 Å². The molecule has 25 heavy (non-hydrogen) atoms. The normalized spacial score (nSPS) is 16.7. The van der Waals surface area contributed by atoms with Crippen molar-refractivity contribution in [2.45, 2.75) is 25.8 Å². The number of amides is 2. The van der Waals surface area contributed by atoms with Crippen molar-refractivity contribution in [2.24, 2.45) is 0 Å². The molecule has 0 bridgehead atoms. The molecule has 1 saturated heterocycles. The molecule has 1 heterocycles. The van der Waals surface area contributed by atoms with E-state index in [9.17, 15) is 4.79 Å². The van der Waals surface area contributed by atoms with Crippen molar-refractivity contribution in [3.63, 3.8) is 0 Å². The predicted molar refractivity (Wildman–Crippen MR) is 104 cm³/mol. The van der Waals surface area contributed by atoms with Crippen molar-refractivity contribution < 1.29 is 4.79 Å². The lowest BCUT2D eigenvalue weighted by molar-refractivity contribution is 0.215. The molecule has 132 valence electrons. The number of para-hydroxylation sites is 2. The van der Waals surface area contributed by atoms with Crippen LogP contribution in [-0.4, -0.2) is 43.7 Å². The van der Waals surface area contributed by atoms with Crippen LogP contribution in [0.1, 0.15) is 19.8 Å². The fourth-order valence-corrected chi connectivity index (χ4v) is 3.44. The number of hydrogen-bond acceptors (Lipinski definition) is 2. The summed E-state index contributed by atoms with van der Waals surface area (Å²) in [5, 5.41) is 0. The van der Waals surface area contributed by atoms with Gasteiger partial charge in [-0.15, -0.1) is 0 Å². The first-order valence-corrected chi connectivity index (χ1v) is 9.10. The maximum atomic E-state index is 13.1. The van der Waals surface area contributed by atoms with E-state index in [1.807, 2.05) is 46.2 Å². The quantitative estimate of drug-likeness (QED) is 0.816. The highest BCUT2D eigenvalue weighted by molar-refractivity contribution is 5.92. The van der Waals surface area contributed by atoms with Gasteiger partial charge in [-0.05, 0) is 37.1 Å². The summed E-state index contributed by atoms with van der Waals surface area (Å²) < 4.78 is 0. The van der Waals surface area contributed by atoms with Gasteiger partial charge in [0.05, 0.1) is 0 Å². The van der Waals surface area contributed by atoms with Gasteiger partial charge in [-0.1, -0.05) is 43.3 Å². The zero-order chi connectivity index (χ0) is 17.6. The summed E-state index contributed by atoms with van der Waals surface area (Å²) in [6.45, 7) is 4.45. The third kappa shape index (κ3) is 3.95. The van der Waals surface area contributed by atoms with Crippen LogP contribution in [0, 0.1) is 0 Å². The van der Waals surface area contributed by atoms with Gasteiger partial charge in [-0.2, -0.15) is 0 Å². The monoisotopic (exact) mass is 337 g/mol. The summed E-state index contributed by atoms with van der Waals surface area (Å²) in [6.07, 6.45) is 1.95. The molecule has 1 aliphatic rings. The average Bonchev–Trinajstić information content (AvgIpc) is 3.16. The number of rotatable bonds is 5. The summed E-state index contributed by atoms with van der Waals surface area (Å²) in [5.74, 6) is 0. The number of carbonyl (C=O) groups is 1. The molecule has 4 heteroatoms. The van der Waals surface area contributed by atoms with Crippen LogP contribution in [-0.2, 0) is 0 Å². The van der Waals surface area contributed by atoms with Crippen LogP contribution in [0.3, 0.4) is 0 Å². The summed E-state index contributed by atoms with van der Waals surface area (Å²) in [5.41, 5.74) is 2.18. The van der Waals surface area contributed by atoms with E-state index >= 15 is 0 Å². The summed E-state index contributed by atoms with van der Waals surface area (Å²) >= 11 is 0. The van der Waals surface area contributed by atoms with Crippen molar-refractivity contribution in [1.29, 1.82) is 0 Å².